The van der Waals surface area contributed by atoms with E-state index in [0.29, 0.717) is 0 Å². The van der Waals surface area contributed by atoms with Gasteiger partial charge in [0.15, 0.2) is 11.5 Å². The summed E-state index contributed by atoms with van der Waals surface area (Å²) in [6, 6.07) is 3.97. The Hall–Kier alpha value is -2.77. The quantitative estimate of drug-likeness (QED) is 0.548. The van der Waals surface area contributed by atoms with Gasteiger partial charge in [-0.25, -0.2) is 0 Å². The van der Waals surface area contributed by atoms with Crippen molar-refractivity contribution in [2.24, 2.45) is 0 Å². The number of hydrogen-bond donors (Lipinski definition) is 4. The van der Waals surface area contributed by atoms with Crippen molar-refractivity contribution in [3.05, 3.63) is 23.8 Å². The van der Waals surface area contributed by atoms with Crippen LogP contribution in [0.5, 0.6) is 11.5 Å². The molecule has 0 bridgehead atoms. The number of carboxylic acids is 1. The van der Waals surface area contributed by atoms with Crippen LogP contribution in [-0.4, -0.2) is 48.2 Å². The molecule has 1 rings (SSSR count). The van der Waals surface area contributed by atoms with Crippen molar-refractivity contribution in [3.63, 3.8) is 0 Å². The molecule has 4 N–H and O–H groups in total. The van der Waals surface area contributed by atoms with Crippen LogP contribution in [0, 0.1) is 0 Å². The molecule has 8 heteroatoms. The highest BCUT2D eigenvalue weighted by Gasteiger charge is 2.11. The van der Waals surface area contributed by atoms with E-state index in [1.165, 1.54) is 25.3 Å². The highest BCUT2D eigenvalue weighted by atomic mass is 16.5. The Morgan fingerprint density at radius 1 is 1.20 bits per heavy atom. The Labute approximate surface area is 114 Å². The smallest absolute Gasteiger partial charge is 0.322 e. The van der Waals surface area contributed by atoms with Crippen LogP contribution in [0.25, 0.3) is 0 Å². The maximum Gasteiger partial charge on any atom is 0.322 e. The van der Waals surface area contributed by atoms with Crippen LogP contribution in [0.15, 0.2) is 18.2 Å². The Morgan fingerprint density at radius 3 is 2.50 bits per heavy atom. The monoisotopic (exact) mass is 282 g/mol. The number of rotatable bonds is 6. The lowest BCUT2D eigenvalue weighted by molar-refractivity contribution is -0.137. The lowest BCUT2D eigenvalue weighted by Gasteiger charge is -2.08. The van der Waals surface area contributed by atoms with E-state index in [2.05, 4.69) is 10.6 Å². The molecule has 108 valence electrons. The first kappa shape index (κ1) is 15.3. The maximum absolute atomic E-state index is 11.7. The number of benzene rings is 1. The fourth-order valence-electron chi connectivity index (χ4n) is 1.32. The van der Waals surface area contributed by atoms with E-state index in [1.54, 1.807) is 0 Å². The van der Waals surface area contributed by atoms with Crippen LogP contribution in [0.4, 0.5) is 0 Å². The predicted octanol–water partition coefficient (Wildman–Crippen LogP) is -0.669. The van der Waals surface area contributed by atoms with Crippen molar-refractivity contribution >= 4 is 17.8 Å². The molecule has 0 aliphatic carbocycles. The van der Waals surface area contributed by atoms with E-state index in [0.717, 1.165) is 0 Å². The summed E-state index contributed by atoms with van der Waals surface area (Å²) in [6.45, 7) is -0.864. The maximum atomic E-state index is 11.7. The third-order valence-electron chi connectivity index (χ3n) is 2.29. The van der Waals surface area contributed by atoms with Crippen molar-refractivity contribution in [1.29, 1.82) is 0 Å². The summed E-state index contributed by atoms with van der Waals surface area (Å²) < 4.78 is 4.85. The summed E-state index contributed by atoms with van der Waals surface area (Å²) in [4.78, 5) is 33.2. The van der Waals surface area contributed by atoms with Gasteiger partial charge >= 0.3 is 5.97 Å². The van der Waals surface area contributed by atoms with Crippen molar-refractivity contribution in [2.75, 3.05) is 20.2 Å². The Morgan fingerprint density at radius 2 is 1.90 bits per heavy atom. The Balaban J connectivity index is 2.54. The van der Waals surface area contributed by atoms with Crippen molar-refractivity contribution in [1.82, 2.24) is 10.6 Å². The summed E-state index contributed by atoms with van der Waals surface area (Å²) in [5.74, 6) is -2.32. The normalized spacial score (nSPS) is 9.65. The first-order valence-electron chi connectivity index (χ1n) is 5.57. The summed E-state index contributed by atoms with van der Waals surface area (Å²) in [5, 5.41) is 22.2. The molecule has 0 heterocycles. The molecule has 0 fully saturated rings. The third kappa shape index (κ3) is 4.48. The molecule has 0 saturated heterocycles. The number of nitrogens with one attached hydrogen (secondary N) is 2. The summed E-state index contributed by atoms with van der Waals surface area (Å²) in [6.07, 6.45) is 0. The topological polar surface area (TPSA) is 125 Å². The molecule has 0 aromatic heterocycles. The average Bonchev–Trinajstić information content (AvgIpc) is 2.42. The van der Waals surface area contributed by atoms with Gasteiger partial charge in [0.25, 0.3) is 5.91 Å². The van der Waals surface area contributed by atoms with Gasteiger partial charge in [-0.1, -0.05) is 0 Å². The first-order chi connectivity index (χ1) is 9.43. The molecule has 0 saturated carbocycles. The number of phenols is 1. The molecule has 0 unspecified atom stereocenters. The zero-order chi connectivity index (χ0) is 15.1. The molecule has 8 nitrogen and oxygen atoms in total. The predicted molar refractivity (Wildman–Crippen MR) is 67.6 cm³/mol. The number of phenolic OH excluding ortho intramolecular Hbond substituents is 1. The highest BCUT2D eigenvalue weighted by molar-refractivity contribution is 5.97. The fraction of sp³-hybridized carbons (Fsp3) is 0.250. The van der Waals surface area contributed by atoms with E-state index in [4.69, 9.17) is 9.84 Å². The van der Waals surface area contributed by atoms with E-state index < -0.39 is 24.3 Å². The van der Waals surface area contributed by atoms with Gasteiger partial charge in [0.05, 0.1) is 13.7 Å². The standard InChI is InChI=1S/C12H14N2O6/c1-20-9-4-7(2-3-8(9)15)12(19)14-5-10(16)13-6-11(17)18/h2-4,15H,5-6H2,1H3,(H,13,16)(H,14,19)(H,17,18). The minimum absolute atomic E-state index is 0.108. The van der Waals surface area contributed by atoms with Gasteiger partial charge in [0.2, 0.25) is 5.91 Å². The second-order valence-electron chi connectivity index (χ2n) is 3.74. The first-order valence-corrected chi connectivity index (χ1v) is 5.57. The largest absolute Gasteiger partial charge is 0.504 e. The van der Waals surface area contributed by atoms with Crippen LogP contribution < -0.4 is 15.4 Å². The number of aromatic hydroxyl groups is 1. The van der Waals surface area contributed by atoms with E-state index in [1.807, 2.05) is 0 Å². The molecule has 0 aliphatic rings. The second-order valence-corrected chi connectivity index (χ2v) is 3.74. The molecule has 0 radical (unpaired) electrons. The van der Waals surface area contributed by atoms with Crippen LogP contribution in [0.2, 0.25) is 0 Å². The number of ether oxygens (including phenoxy) is 1. The molecular weight excluding hydrogens is 268 g/mol. The minimum Gasteiger partial charge on any atom is -0.504 e. The molecule has 0 spiro atoms. The van der Waals surface area contributed by atoms with Crippen LogP contribution in [0.1, 0.15) is 10.4 Å². The van der Waals surface area contributed by atoms with Crippen molar-refractivity contribution < 1.29 is 29.3 Å². The van der Waals surface area contributed by atoms with Crippen LogP contribution in [0.3, 0.4) is 0 Å². The number of carboxylic acid groups (broad SMARTS) is 1. The lowest BCUT2D eigenvalue weighted by atomic mass is 10.2. The molecule has 0 aliphatic heterocycles. The molecular formula is C12H14N2O6. The molecule has 1 aromatic carbocycles. The SMILES string of the molecule is COc1cc(C(=O)NCC(=O)NCC(=O)O)ccc1O. The van der Waals surface area contributed by atoms with Crippen molar-refractivity contribution in [2.45, 2.75) is 0 Å². The average molecular weight is 282 g/mol. The number of hydrogen-bond acceptors (Lipinski definition) is 5. The van der Waals surface area contributed by atoms with Crippen LogP contribution in [-0.2, 0) is 9.59 Å². The lowest BCUT2D eigenvalue weighted by Crippen LogP contribution is -2.39. The van der Waals surface area contributed by atoms with Gasteiger partial charge in [-0.05, 0) is 18.2 Å². The number of carbonyl (C=O) groups excluding carboxylic acids is 2. The molecule has 20 heavy (non-hydrogen) atoms. The summed E-state index contributed by atoms with van der Waals surface area (Å²) in [5.41, 5.74) is 0.200. The van der Waals surface area contributed by atoms with Crippen LogP contribution >= 0.6 is 0 Å². The zero-order valence-electron chi connectivity index (χ0n) is 10.7. The minimum atomic E-state index is -1.17. The van der Waals surface area contributed by atoms with Gasteiger partial charge in [0.1, 0.15) is 6.54 Å². The highest BCUT2D eigenvalue weighted by Crippen LogP contribution is 2.26. The van der Waals surface area contributed by atoms with Gasteiger partial charge < -0.3 is 25.6 Å². The van der Waals surface area contributed by atoms with E-state index in [-0.39, 0.29) is 23.6 Å². The number of amides is 2. The number of carbonyl (C=O) groups is 3. The Kier molecular flexibility index (Phi) is 5.33. The third-order valence-corrected chi connectivity index (χ3v) is 2.29. The van der Waals surface area contributed by atoms with Crippen molar-refractivity contribution in [3.8, 4) is 11.5 Å². The van der Waals surface area contributed by atoms with Gasteiger partial charge in [-0.3, -0.25) is 14.4 Å². The zero-order valence-corrected chi connectivity index (χ0v) is 10.7. The Bertz CT molecular complexity index is 529. The van der Waals surface area contributed by atoms with Gasteiger partial charge in [0, 0.05) is 5.56 Å². The number of aliphatic carboxylic acids is 1. The fourth-order valence-corrected chi connectivity index (χ4v) is 1.32. The van der Waals surface area contributed by atoms with Gasteiger partial charge in [-0.15, -0.1) is 0 Å². The molecule has 0 atom stereocenters. The van der Waals surface area contributed by atoms with E-state index in [9.17, 15) is 19.5 Å². The van der Waals surface area contributed by atoms with Gasteiger partial charge in [-0.2, -0.15) is 0 Å². The second kappa shape index (κ2) is 6.98. The molecule has 2 amide bonds. The number of methoxy groups -OCH3 is 1. The molecule has 1 aromatic rings. The summed E-state index contributed by atoms with van der Waals surface area (Å²) >= 11 is 0. The summed E-state index contributed by atoms with van der Waals surface area (Å²) in [7, 11) is 1.34. The van der Waals surface area contributed by atoms with E-state index >= 15 is 0 Å².